The molecule has 1 unspecified atom stereocenters. The minimum Gasteiger partial charge on any atom is -0.345 e. The fraction of sp³-hybridized carbons (Fsp3) is 0.0870. The number of anilines is 1. The minimum absolute atomic E-state index is 0.0660. The van der Waals surface area contributed by atoms with E-state index >= 15 is 0 Å². The summed E-state index contributed by atoms with van der Waals surface area (Å²) in [7, 11) is 0. The van der Waals surface area contributed by atoms with E-state index in [-0.39, 0.29) is 17.1 Å². The first-order valence-electron chi connectivity index (χ1n) is 9.27. The van der Waals surface area contributed by atoms with Gasteiger partial charge in [0, 0.05) is 0 Å². The van der Waals surface area contributed by atoms with Gasteiger partial charge in [0.15, 0.2) is 5.11 Å². The highest BCUT2D eigenvalue weighted by atomic mass is 35.5. The summed E-state index contributed by atoms with van der Waals surface area (Å²) in [5.41, 5.74) is 2.21. The van der Waals surface area contributed by atoms with Crippen LogP contribution in [0.3, 0.4) is 0 Å². The van der Waals surface area contributed by atoms with E-state index in [9.17, 15) is 9.59 Å². The van der Waals surface area contributed by atoms with Gasteiger partial charge in [0.05, 0.1) is 27.9 Å². The van der Waals surface area contributed by atoms with Gasteiger partial charge in [-0.05, 0) is 49.0 Å². The smallest absolute Gasteiger partial charge is 0.258 e. The molecule has 0 aliphatic carbocycles. The zero-order valence-corrected chi connectivity index (χ0v) is 17.8. The van der Waals surface area contributed by atoms with Gasteiger partial charge in [-0.3, -0.25) is 14.9 Å². The molecule has 2 amide bonds. The van der Waals surface area contributed by atoms with Crippen LogP contribution in [0.15, 0.2) is 78.9 Å². The van der Waals surface area contributed by atoms with Crippen molar-refractivity contribution in [3.05, 3.63) is 101 Å². The molecular weight excluding hydrogens is 418 g/mol. The molecule has 0 saturated heterocycles. The summed E-state index contributed by atoms with van der Waals surface area (Å²) in [5.74, 6) is -0.688. The molecule has 0 radical (unpaired) electrons. The Morgan fingerprint density at radius 3 is 2.13 bits per heavy atom. The Kier molecular flexibility index (Phi) is 7.17. The molecule has 152 valence electrons. The number of para-hydroxylation sites is 1. The Morgan fingerprint density at radius 1 is 0.833 bits per heavy atom. The van der Waals surface area contributed by atoms with Gasteiger partial charge < -0.3 is 10.6 Å². The van der Waals surface area contributed by atoms with E-state index in [1.54, 1.807) is 48.5 Å². The third-order valence-electron chi connectivity index (χ3n) is 4.41. The highest BCUT2D eigenvalue weighted by molar-refractivity contribution is 7.80. The summed E-state index contributed by atoms with van der Waals surface area (Å²) in [4.78, 5) is 25.2. The van der Waals surface area contributed by atoms with Gasteiger partial charge in [0.25, 0.3) is 11.8 Å². The van der Waals surface area contributed by atoms with Crippen LogP contribution in [0.1, 0.15) is 39.2 Å². The molecule has 0 fully saturated rings. The van der Waals surface area contributed by atoms with Gasteiger partial charge in [-0.15, -0.1) is 0 Å². The van der Waals surface area contributed by atoms with E-state index in [1.165, 1.54) is 0 Å². The number of amides is 2. The first-order valence-corrected chi connectivity index (χ1v) is 10.1. The summed E-state index contributed by atoms with van der Waals surface area (Å²) in [6.07, 6.45) is 0. The van der Waals surface area contributed by atoms with Crippen molar-refractivity contribution in [2.45, 2.75) is 13.0 Å². The van der Waals surface area contributed by atoms with Crippen LogP contribution in [0, 0.1) is 0 Å². The molecule has 0 spiro atoms. The average Bonchev–Trinajstić information content (AvgIpc) is 2.74. The zero-order valence-electron chi connectivity index (χ0n) is 16.2. The van der Waals surface area contributed by atoms with Crippen molar-refractivity contribution < 1.29 is 9.59 Å². The summed E-state index contributed by atoms with van der Waals surface area (Å²) in [6, 6.07) is 23.1. The van der Waals surface area contributed by atoms with E-state index in [1.807, 2.05) is 37.3 Å². The van der Waals surface area contributed by atoms with Gasteiger partial charge in [-0.25, -0.2) is 0 Å². The van der Waals surface area contributed by atoms with Crippen molar-refractivity contribution in [1.82, 2.24) is 10.6 Å². The second-order valence-electron chi connectivity index (χ2n) is 6.54. The Hall–Kier alpha value is -3.22. The van der Waals surface area contributed by atoms with Crippen LogP contribution in [-0.4, -0.2) is 16.9 Å². The Labute approximate surface area is 185 Å². The summed E-state index contributed by atoms with van der Waals surface area (Å²) >= 11 is 11.3. The van der Waals surface area contributed by atoms with E-state index in [4.69, 9.17) is 23.8 Å². The quantitative estimate of drug-likeness (QED) is 0.493. The lowest BCUT2D eigenvalue weighted by Gasteiger charge is -2.17. The highest BCUT2D eigenvalue weighted by Gasteiger charge is 2.16. The number of hydrogen-bond acceptors (Lipinski definition) is 3. The van der Waals surface area contributed by atoms with E-state index in [0.29, 0.717) is 21.8 Å². The first kappa shape index (κ1) is 21.5. The molecule has 0 aromatic heterocycles. The molecule has 5 nitrogen and oxygen atoms in total. The summed E-state index contributed by atoms with van der Waals surface area (Å²) < 4.78 is 0. The molecular formula is C23H20ClN3O2S. The third kappa shape index (κ3) is 5.43. The highest BCUT2D eigenvalue weighted by Crippen LogP contribution is 2.18. The van der Waals surface area contributed by atoms with Crippen molar-refractivity contribution in [1.29, 1.82) is 0 Å². The second-order valence-corrected chi connectivity index (χ2v) is 7.35. The molecule has 0 aliphatic rings. The molecule has 3 rings (SSSR count). The molecule has 0 heterocycles. The zero-order chi connectivity index (χ0) is 21.5. The van der Waals surface area contributed by atoms with E-state index in [0.717, 1.165) is 5.56 Å². The number of thiocarbonyl (C=S) groups is 1. The number of carbonyl (C=O) groups is 2. The van der Waals surface area contributed by atoms with Crippen molar-refractivity contribution in [3.8, 4) is 0 Å². The largest absolute Gasteiger partial charge is 0.345 e. The van der Waals surface area contributed by atoms with Crippen LogP contribution < -0.4 is 16.0 Å². The lowest BCUT2D eigenvalue weighted by Crippen LogP contribution is -2.35. The molecule has 7 heteroatoms. The molecule has 0 saturated carbocycles. The number of carbonyl (C=O) groups excluding carboxylic acids is 2. The number of halogens is 1. The maximum atomic E-state index is 12.8. The normalized spacial score (nSPS) is 11.3. The standard InChI is InChI=1S/C23H20ClN3O2S/c1-15(16-9-3-2-4-10-16)25-22(29)18-12-6-8-14-20(18)26-23(30)27-21(28)17-11-5-7-13-19(17)24/h2-15H,1H3,(H,25,29)(H2,26,27,28,30). The minimum atomic E-state index is -0.433. The fourth-order valence-electron chi connectivity index (χ4n) is 2.86. The fourth-order valence-corrected chi connectivity index (χ4v) is 3.28. The van der Waals surface area contributed by atoms with Crippen molar-refractivity contribution in [2.24, 2.45) is 0 Å². The van der Waals surface area contributed by atoms with Gasteiger partial charge in [-0.2, -0.15) is 0 Å². The molecule has 1 atom stereocenters. The Morgan fingerprint density at radius 2 is 1.43 bits per heavy atom. The summed E-state index contributed by atoms with van der Waals surface area (Å²) in [6.45, 7) is 1.91. The topological polar surface area (TPSA) is 70.2 Å². The molecule has 3 aromatic carbocycles. The van der Waals surface area contributed by atoms with Crippen LogP contribution >= 0.6 is 23.8 Å². The summed E-state index contributed by atoms with van der Waals surface area (Å²) in [5, 5.41) is 8.87. The van der Waals surface area contributed by atoms with Crippen molar-refractivity contribution >= 4 is 46.4 Å². The second kappa shape index (κ2) is 10.0. The van der Waals surface area contributed by atoms with E-state index < -0.39 is 5.91 Å². The van der Waals surface area contributed by atoms with Crippen LogP contribution in [0.2, 0.25) is 5.02 Å². The first-order chi connectivity index (χ1) is 14.5. The maximum absolute atomic E-state index is 12.8. The monoisotopic (exact) mass is 437 g/mol. The number of hydrogen-bond donors (Lipinski definition) is 3. The van der Waals surface area contributed by atoms with Crippen LogP contribution in [0.5, 0.6) is 0 Å². The Balaban J connectivity index is 1.69. The van der Waals surface area contributed by atoms with Gasteiger partial charge in [0.1, 0.15) is 0 Å². The number of nitrogens with one attached hydrogen (secondary N) is 3. The van der Waals surface area contributed by atoms with Crippen LogP contribution in [-0.2, 0) is 0 Å². The molecule has 0 bridgehead atoms. The van der Waals surface area contributed by atoms with Crippen LogP contribution in [0.25, 0.3) is 0 Å². The number of rotatable bonds is 5. The van der Waals surface area contributed by atoms with Gasteiger partial charge >= 0.3 is 0 Å². The molecule has 30 heavy (non-hydrogen) atoms. The lowest BCUT2D eigenvalue weighted by atomic mass is 10.1. The van der Waals surface area contributed by atoms with Gasteiger partial charge in [-0.1, -0.05) is 66.2 Å². The average molecular weight is 438 g/mol. The maximum Gasteiger partial charge on any atom is 0.258 e. The Bertz CT molecular complexity index is 1070. The number of benzene rings is 3. The molecule has 0 aliphatic heterocycles. The van der Waals surface area contributed by atoms with Crippen molar-refractivity contribution in [3.63, 3.8) is 0 Å². The van der Waals surface area contributed by atoms with Gasteiger partial charge in [0.2, 0.25) is 0 Å². The lowest BCUT2D eigenvalue weighted by molar-refractivity contribution is 0.0939. The molecule has 3 aromatic rings. The third-order valence-corrected chi connectivity index (χ3v) is 4.95. The SMILES string of the molecule is CC(NC(=O)c1ccccc1NC(=S)NC(=O)c1ccccc1Cl)c1ccccc1. The molecule has 3 N–H and O–H groups in total. The predicted molar refractivity (Wildman–Crippen MR) is 124 cm³/mol. The predicted octanol–water partition coefficient (Wildman–Crippen LogP) is 4.96. The van der Waals surface area contributed by atoms with Crippen molar-refractivity contribution in [2.75, 3.05) is 5.32 Å². The van der Waals surface area contributed by atoms with Crippen LogP contribution in [0.4, 0.5) is 5.69 Å². The van der Waals surface area contributed by atoms with E-state index in [2.05, 4.69) is 16.0 Å².